The first-order valence-corrected chi connectivity index (χ1v) is 7.70. The van der Waals surface area contributed by atoms with Gasteiger partial charge in [-0.2, -0.15) is 0 Å². The predicted molar refractivity (Wildman–Crippen MR) is 95.8 cm³/mol. The number of aromatic amines is 1. The van der Waals surface area contributed by atoms with E-state index in [0.717, 1.165) is 0 Å². The summed E-state index contributed by atoms with van der Waals surface area (Å²) in [5.74, 6) is -0.168. The lowest BCUT2D eigenvalue weighted by Crippen LogP contribution is -2.19. The highest BCUT2D eigenvalue weighted by molar-refractivity contribution is 6.13. The Balaban J connectivity index is 2.22. The van der Waals surface area contributed by atoms with Crippen molar-refractivity contribution in [1.29, 1.82) is 0 Å². The number of ether oxygens (including phenoxy) is 3. The summed E-state index contributed by atoms with van der Waals surface area (Å²) in [5.41, 5.74) is -0.468. The van der Waals surface area contributed by atoms with E-state index in [4.69, 9.17) is 14.2 Å². The molecular formula is C19H17NO6. The Morgan fingerprint density at radius 3 is 2.19 bits per heavy atom. The maximum absolute atomic E-state index is 12.9. The summed E-state index contributed by atoms with van der Waals surface area (Å²) in [6.45, 7) is 0. The van der Waals surface area contributed by atoms with Crippen molar-refractivity contribution >= 4 is 16.7 Å². The number of carbonyl (C=O) groups excluding carboxylic acids is 1. The van der Waals surface area contributed by atoms with Crippen molar-refractivity contribution in [3.05, 3.63) is 57.9 Å². The molecule has 0 bridgehead atoms. The van der Waals surface area contributed by atoms with Gasteiger partial charge in [0, 0.05) is 10.9 Å². The maximum Gasteiger partial charge on any atom is 0.263 e. The van der Waals surface area contributed by atoms with Crippen LogP contribution in [0.1, 0.15) is 15.9 Å². The second-order valence-electron chi connectivity index (χ2n) is 5.47. The third-order valence-electron chi connectivity index (χ3n) is 4.05. The Kier molecular flexibility index (Phi) is 4.53. The van der Waals surface area contributed by atoms with Gasteiger partial charge in [-0.05, 0) is 24.3 Å². The topological polar surface area (TPSA) is 97.9 Å². The van der Waals surface area contributed by atoms with E-state index >= 15 is 0 Å². The predicted octanol–water partition coefficient (Wildman–Crippen LogP) is 2.49. The maximum atomic E-state index is 12.9. The van der Waals surface area contributed by atoms with Crippen LogP contribution in [-0.2, 0) is 0 Å². The third-order valence-corrected chi connectivity index (χ3v) is 4.05. The molecule has 0 fully saturated rings. The molecule has 0 saturated carbocycles. The monoisotopic (exact) mass is 355 g/mol. The molecule has 0 amide bonds. The molecule has 7 heteroatoms. The average Bonchev–Trinajstić information content (AvgIpc) is 2.66. The Morgan fingerprint density at radius 1 is 1.00 bits per heavy atom. The molecule has 0 spiro atoms. The second kappa shape index (κ2) is 6.79. The van der Waals surface area contributed by atoms with Crippen LogP contribution in [0.15, 0.2) is 41.2 Å². The van der Waals surface area contributed by atoms with Crippen molar-refractivity contribution in [2.24, 2.45) is 0 Å². The van der Waals surface area contributed by atoms with Gasteiger partial charge in [0.25, 0.3) is 5.56 Å². The van der Waals surface area contributed by atoms with Crippen LogP contribution in [0.25, 0.3) is 10.9 Å². The van der Waals surface area contributed by atoms with E-state index in [9.17, 15) is 14.7 Å². The first-order chi connectivity index (χ1) is 12.5. The fourth-order valence-electron chi connectivity index (χ4n) is 2.79. The van der Waals surface area contributed by atoms with Crippen LogP contribution in [-0.4, -0.2) is 37.2 Å². The van der Waals surface area contributed by atoms with Gasteiger partial charge in [0.15, 0.2) is 11.5 Å². The number of aromatic hydroxyl groups is 1. The van der Waals surface area contributed by atoms with E-state index in [1.165, 1.54) is 33.5 Å². The van der Waals surface area contributed by atoms with Crippen molar-refractivity contribution < 1.29 is 24.1 Å². The molecule has 26 heavy (non-hydrogen) atoms. The van der Waals surface area contributed by atoms with Crippen LogP contribution in [0.3, 0.4) is 0 Å². The lowest BCUT2D eigenvalue weighted by molar-refractivity contribution is 0.103. The van der Waals surface area contributed by atoms with E-state index in [2.05, 4.69) is 4.98 Å². The highest BCUT2D eigenvalue weighted by Crippen LogP contribution is 2.39. The van der Waals surface area contributed by atoms with Crippen molar-refractivity contribution in [3.63, 3.8) is 0 Å². The Hall–Kier alpha value is -3.48. The van der Waals surface area contributed by atoms with E-state index in [-0.39, 0.29) is 28.4 Å². The van der Waals surface area contributed by atoms with Gasteiger partial charge in [-0.15, -0.1) is 0 Å². The Morgan fingerprint density at radius 2 is 1.62 bits per heavy atom. The van der Waals surface area contributed by atoms with Crippen LogP contribution in [0.2, 0.25) is 0 Å². The first-order valence-electron chi connectivity index (χ1n) is 7.70. The van der Waals surface area contributed by atoms with Crippen molar-refractivity contribution in [2.75, 3.05) is 21.3 Å². The van der Waals surface area contributed by atoms with Gasteiger partial charge in [-0.25, -0.2) is 0 Å². The molecular weight excluding hydrogens is 338 g/mol. The molecule has 0 atom stereocenters. The van der Waals surface area contributed by atoms with E-state index in [0.29, 0.717) is 16.7 Å². The number of hydrogen-bond donors (Lipinski definition) is 2. The van der Waals surface area contributed by atoms with Gasteiger partial charge >= 0.3 is 0 Å². The molecule has 0 aliphatic carbocycles. The van der Waals surface area contributed by atoms with Crippen LogP contribution in [0.5, 0.6) is 23.0 Å². The summed E-state index contributed by atoms with van der Waals surface area (Å²) >= 11 is 0. The number of hydrogen-bond acceptors (Lipinski definition) is 6. The number of benzene rings is 2. The minimum absolute atomic E-state index is 0.121. The fourth-order valence-corrected chi connectivity index (χ4v) is 2.79. The van der Waals surface area contributed by atoms with E-state index in [1.807, 2.05) is 0 Å². The number of pyridine rings is 1. The van der Waals surface area contributed by atoms with E-state index in [1.54, 1.807) is 24.3 Å². The molecule has 0 aliphatic heterocycles. The normalized spacial score (nSPS) is 10.6. The molecule has 0 aliphatic rings. The zero-order valence-electron chi connectivity index (χ0n) is 14.5. The summed E-state index contributed by atoms with van der Waals surface area (Å²) in [4.78, 5) is 27.9. The number of fused-ring (bicyclic) bond motifs is 1. The minimum atomic E-state index is -0.681. The lowest BCUT2D eigenvalue weighted by atomic mass is 10.0. The Labute approximate surface area is 148 Å². The summed E-state index contributed by atoms with van der Waals surface area (Å²) in [6.07, 6.45) is 0. The second-order valence-corrected chi connectivity index (χ2v) is 5.47. The molecule has 1 heterocycles. The molecule has 2 aromatic carbocycles. The van der Waals surface area contributed by atoms with Crippen LogP contribution in [0, 0.1) is 0 Å². The molecule has 7 nitrogen and oxygen atoms in total. The molecule has 0 radical (unpaired) electrons. The molecule has 3 rings (SSSR count). The highest BCUT2D eigenvalue weighted by Gasteiger charge is 2.23. The summed E-state index contributed by atoms with van der Waals surface area (Å²) < 4.78 is 15.7. The number of methoxy groups -OCH3 is 3. The molecule has 3 aromatic rings. The van der Waals surface area contributed by atoms with Crippen molar-refractivity contribution in [1.82, 2.24) is 4.98 Å². The number of nitrogens with one attached hydrogen (secondary N) is 1. The van der Waals surface area contributed by atoms with Crippen molar-refractivity contribution in [3.8, 4) is 23.0 Å². The lowest BCUT2D eigenvalue weighted by Gasteiger charge is -2.14. The van der Waals surface area contributed by atoms with Gasteiger partial charge < -0.3 is 24.3 Å². The largest absolute Gasteiger partial charge is 0.506 e. The molecule has 0 unspecified atom stereocenters. The SMILES string of the molecule is COc1cc(C(=O)c2c(O)c3ccccc3[nH]c2=O)cc(OC)c1OC. The fraction of sp³-hybridized carbons (Fsp3) is 0.158. The van der Waals surface area contributed by atoms with Gasteiger partial charge in [-0.3, -0.25) is 9.59 Å². The summed E-state index contributed by atoms with van der Waals surface area (Å²) in [7, 11) is 4.29. The van der Waals surface area contributed by atoms with Gasteiger partial charge in [0.2, 0.25) is 11.5 Å². The quantitative estimate of drug-likeness (QED) is 0.683. The number of carbonyl (C=O) groups is 1. The Bertz CT molecular complexity index is 1030. The number of rotatable bonds is 5. The number of ketones is 1. The molecule has 2 N–H and O–H groups in total. The zero-order chi connectivity index (χ0) is 18.8. The standard InChI is InChI=1S/C19H17NO6/c1-24-13-8-10(9-14(25-2)18(13)26-3)16(21)15-17(22)11-6-4-5-7-12(11)20-19(15)23/h4-9H,1-3H3,(H2,20,22,23). The molecule has 0 saturated heterocycles. The van der Waals surface area contributed by atoms with Crippen LogP contribution in [0.4, 0.5) is 0 Å². The van der Waals surface area contributed by atoms with Crippen LogP contribution >= 0.6 is 0 Å². The minimum Gasteiger partial charge on any atom is -0.506 e. The molecule has 134 valence electrons. The first kappa shape index (κ1) is 17.3. The third kappa shape index (κ3) is 2.73. The zero-order valence-corrected chi connectivity index (χ0v) is 14.5. The summed E-state index contributed by atoms with van der Waals surface area (Å²) in [6, 6.07) is 9.54. The average molecular weight is 355 g/mol. The van der Waals surface area contributed by atoms with Crippen molar-refractivity contribution in [2.45, 2.75) is 0 Å². The molecule has 1 aromatic heterocycles. The smallest absolute Gasteiger partial charge is 0.263 e. The number of aromatic nitrogens is 1. The van der Waals surface area contributed by atoms with Crippen LogP contribution < -0.4 is 19.8 Å². The van der Waals surface area contributed by atoms with Gasteiger partial charge in [0.1, 0.15) is 11.3 Å². The van der Waals surface area contributed by atoms with Gasteiger partial charge in [-0.1, -0.05) is 12.1 Å². The number of para-hydroxylation sites is 1. The summed E-state index contributed by atoms with van der Waals surface area (Å²) in [5, 5.41) is 10.9. The number of H-pyrrole nitrogens is 1. The van der Waals surface area contributed by atoms with E-state index < -0.39 is 11.3 Å². The highest BCUT2D eigenvalue weighted by atomic mass is 16.5. The van der Waals surface area contributed by atoms with Gasteiger partial charge in [0.05, 0.1) is 26.8 Å².